The van der Waals surface area contributed by atoms with E-state index in [-0.39, 0.29) is 0 Å². The SMILES string of the molecule is S=c1[nH]nc(Cc2cccc3ccccc23)n1-c1cccc2ccccc12. The van der Waals surface area contributed by atoms with Crippen molar-refractivity contribution in [3.63, 3.8) is 0 Å². The number of rotatable bonds is 3. The molecule has 27 heavy (non-hydrogen) atoms. The van der Waals surface area contributed by atoms with Gasteiger partial charge in [0.1, 0.15) is 5.82 Å². The summed E-state index contributed by atoms with van der Waals surface area (Å²) in [5.74, 6) is 0.910. The number of nitrogens with one attached hydrogen (secondary N) is 1. The minimum Gasteiger partial charge on any atom is -0.271 e. The zero-order chi connectivity index (χ0) is 18.2. The molecule has 1 heterocycles. The Kier molecular flexibility index (Phi) is 3.84. The number of fused-ring (bicyclic) bond motifs is 2. The molecular formula is C23H17N3S. The van der Waals surface area contributed by atoms with E-state index in [0.717, 1.165) is 16.9 Å². The molecule has 0 atom stereocenters. The standard InChI is InChI=1S/C23H17N3S/c27-23-25-24-22(15-18-11-5-9-16-7-1-3-12-19(16)18)26(23)21-14-6-10-17-8-2-4-13-20(17)21/h1-14H,15H2,(H,25,27). The Balaban J connectivity index is 1.69. The first-order chi connectivity index (χ1) is 13.3. The van der Waals surface area contributed by atoms with Crippen molar-refractivity contribution in [3.8, 4) is 5.69 Å². The molecule has 1 N–H and O–H groups in total. The first kappa shape index (κ1) is 16.0. The third-order valence-electron chi connectivity index (χ3n) is 4.98. The molecule has 4 heteroatoms. The fourth-order valence-electron chi connectivity index (χ4n) is 3.72. The van der Waals surface area contributed by atoms with Crippen LogP contribution in [0, 0.1) is 4.77 Å². The Morgan fingerprint density at radius 3 is 2.19 bits per heavy atom. The summed E-state index contributed by atoms with van der Waals surface area (Å²) in [6.45, 7) is 0. The van der Waals surface area contributed by atoms with Gasteiger partial charge in [0.15, 0.2) is 4.77 Å². The van der Waals surface area contributed by atoms with Crippen LogP contribution in [0.4, 0.5) is 0 Å². The van der Waals surface area contributed by atoms with E-state index in [9.17, 15) is 0 Å². The predicted octanol–water partition coefficient (Wildman–Crippen LogP) is 5.83. The van der Waals surface area contributed by atoms with Crippen molar-refractivity contribution in [2.75, 3.05) is 0 Å². The van der Waals surface area contributed by atoms with E-state index in [1.807, 2.05) is 0 Å². The molecule has 3 nitrogen and oxygen atoms in total. The molecule has 0 aliphatic heterocycles. The van der Waals surface area contributed by atoms with Gasteiger partial charge in [-0.05, 0) is 40.0 Å². The number of hydrogen-bond acceptors (Lipinski definition) is 2. The smallest absolute Gasteiger partial charge is 0.199 e. The topological polar surface area (TPSA) is 33.6 Å². The molecule has 4 aromatic carbocycles. The lowest BCUT2D eigenvalue weighted by Gasteiger charge is -2.11. The highest BCUT2D eigenvalue weighted by Crippen LogP contribution is 2.26. The summed E-state index contributed by atoms with van der Waals surface area (Å²) < 4.78 is 2.67. The minimum absolute atomic E-state index is 0.613. The number of nitrogens with zero attached hydrogens (tertiary/aromatic N) is 2. The van der Waals surface area contributed by atoms with Crippen LogP contribution in [0.15, 0.2) is 84.9 Å². The average Bonchev–Trinajstić information content (AvgIpc) is 3.08. The van der Waals surface area contributed by atoms with Gasteiger partial charge in [-0.3, -0.25) is 9.67 Å². The zero-order valence-corrected chi connectivity index (χ0v) is 15.4. The second kappa shape index (κ2) is 6.49. The van der Waals surface area contributed by atoms with E-state index in [1.165, 1.54) is 21.7 Å². The quantitative estimate of drug-likeness (QED) is 0.407. The highest BCUT2D eigenvalue weighted by Gasteiger charge is 2.13. The second-order valence-corrected chi connectivity index (χ2v) is 6.98. The highest BCUT2D eigenvalue weighted by molar-refractivity contribution is 7.71. The first-order valence-corrected chi connectivity index (χ1v) is 9.33. The largest absolute Gasteiger partial charge is 0.271 e. The van der Waals surface area contributed by atoms with Gasteiger partial charge in [0, 0.05) is 11.8 Å². The van der Waals surface area contributed by atoms with Gasteiger partial charge >= 0.3 is 0 Å². The van der Waals surface area contributed by atoms with Crippen LogP contribution in [0.2, 0.25) is 0 Å². The molecule has 130 valence electrons. The summed E-state index contributed by atoms with van der Waals surface area (Å²) in [6, 6.07) is 29.5. The molecule has 0 aliphatic rings. The molecule has 5 aromatic rings. The number of hydrogen-bond donors (Lipinski definition) is 1. The summed E-state index contributed by atoms with van der Waals surface area (Å²) >= 11 is 5.57. The van der Waals surface area contributed by atoms with Crippen LogP contribution in [0.3, 0.4) is 0 Å². The molecule has 5 rings (SSSR count). The molecule has 0 bridgehead atoms. The van der Waals surface area contributed by atoms with Crippen molar-refractivity contribution < 1.29 is 0 Å². The summed E-state index contributed by atoms with van der Waals surface area (Å²) in [7, 11) is 0. The lowest BCUT2D eigenvalue weighted by molar-refractivity contribution is 0.910. The van der Waals surface area contributed by atoms with Crippen LogP contribution in [0.1, 0.15) is 11.4 Å². The van der Waals surface area contributed by atoms with Crippen LogP contribution < -0.4 is 0 Å². The summed E-state index contributed by atoms with van der Waals surface area (Å²) in [4.78, 5) is 0. The molecule has 1 aromatic heterocycles. The second-order valence-electron chi connectivity index (χ2n) is 6.59. The molecule has 0 amide bonds. The fraction of sp³-hybridized carbons (Fsp3) is 0.0435. The van der Waals surface area contributed by atoms with Gasteiger partial charge in [-0.15, -0.1) is 0 Å². The van der Waals surface area contributed by atoms with E-state index in [4.69, 9.17) is 12.2 Å². The van der Waals surface area contributed by atoms with Crippen LogP contribution in [-0.4, -0.2) is 14.8 Å². The number of benzene rings is 4. The van der Waals surface area contributed by atoms with E-state index in [1.54, 1.807) is 0 Å². The van der Waals surface area contributed by atoms with Crippen molar-refractivity contribution in [2.24, 2.45) is 0 Å². The van der Waals surface area contributed by atoms with Crippen molar-refractivity contribution in [1.29, 1.82) is 0 Å². The van der Waals surface area contributed by atoms with Crippen molar-refractivity contribution >= 4 is 33.8 Å². The Hall–Kier alpha value is -3.24. The van der Waals surface area contributed by atoms with Crippen molar-refractivity contribution in [1.82, 2.24) is 14.8 Å². The van der Waals surface area contributed by atoms with Crippen LogP contribution in [-0.2, 0) is 6.42 Å². The van der Waals surface area contributed by atoms with Crippen LogP contribution >= 0.6 is 12.2 Å². The zero-order valence-electron chi connectivity index (χ0n) is 14.6. The van der Waals surface area contributed by atoms with Gasteiger partial charge in [-0.2, -0.15) is 5.10 Å². The Bertz CT molecular complexity index is 1320. The van der Waals surface area contributed by atoms with Crippen LogP contribution in [0.25, 0.3) is 27.2 Å². The molecule has 0 spiro atoms. The molecule has 0 saturated carbocycles. The summed E-state index contributed by atoms with van der Waals surface area (Å²) in [6.07, 6.45) is 0.706. The van der Waals surface area contributed by atoms with E-state index < -0.39 is 0 Å². The summed E-state index contributed by atoms with van der Waals surface area (Å²) in [5.41, 5.74) is 2.30. The van der Waals surface area contributed by atoms with Crippen molar-refractivity contribution in [3.05, 3.63) is 101 Å². The number of H-pyrrole nitrogens is 1. The van der Waals surface area contributed by atoms with E-state index >= 15 is 0 Å². The Morgan fingerprint density at radius 2 is 1.37 bits per heavy atom. The molecule has 0 unspecified atom stereocenters. The Labute approximate surface area is 161 Å². The maximum atomic E-state index is 5.57. The highest BCUT2D eigenvalue weighted by atomic mass is 32.1. The summed E-state index contributed by atoms with van der Waals surface area (Å²) in [5, 5.41) is 12.4. The van der Waals surface area contributed by atoms with Gasteiger partial charge in [0.25, 0.3) is 0 Å². The Morgan fingerprint density at radius 1 is 0.741 bits per heavy atom. The van der Waals surface area contributed by atoms with Crippen molar-refractivity contribution in [2.45, 2.75) is 6.42 Å². The number of aromatic amines is 1. The van der Waals surface area contributed by atoms with Crippen LogP contribution in [0.5, 0.6) is 0 Å². The lowest BCUT2D eigenvalue weighted by atomic mass is 10.0. The fourth-order valence-corrected chi connectivity index (χ4v) is 3.97. The van der Waals surface area contributed by atoms with E-state index in [2.05, 4.69) is 99.7 Å². The maximum Gasteiger partial charge on any atom is 0.199 e. The maximum absolute atomic E-state index is 5.57. The van der Waals surface area contributed by atoms with Gasteiger partial charge in [0.2, 0.25) is 0 Å². The molecule has 0 aliphatic carbocycles. The molecule has 0 saturated heterocycles. The third-order valence-corrected chi connectivity index (χ3v) is 5.25. The van der Waals surface area contributed by atoms with E-state index in [0.29, 0.717) is 11.2 Å². The van der Waals surface area contributed by atoms with Gasteiger partial charge in [-0.1, -0.05) is 78.9 Å². The molecule has 0 fully saturated rings. The monoisotopic (exact) mass is 367 g/mol. The first-order valence-electron chi connectivity index (χ1n) is 8.92. The molecule has 0 radical (unpaired) electrons. The minimum atomic E-state index is 0.613. The van der Waals surface area contributed by atoms with Gasteiger partial charge in [-0.25, -0.2) is 0 Å². The lowest BCUT2D eigenvalue weighted by Crippen LogP contribution is -2.03. The number of aromatic nitrogens is 3. The third kappa shape index (κ3) is 2.75. The molecular weight excluding hydrogens is 350 g/mol. The predicted molar refractivity (Wildman–Crippen MR) is 113 cm³/mol. The van der Waals surface area contributed by atoms with Gasteiger partial charge in [0.05, 0.1) is 5.69 Å². The normalized spacial score (nSPS) is 11.3. The average molecular weight is 367 g/mol. The van der Waals surface area contributed by atoms with Gasteiger partial charge < -0.3 is 0 Å².